The Morgan fingerprint density at radius 1 is 1.26 bits per heavy atom. The van der Waals surface area contributed by atoms with Crippen molar-refractivity contribution < 1.29 is 13.2 Å². The highest BCUT2D eigenvalue weighted by Gasteiger charge is 2.35. The molecular weight excluding hydrogens is 320 g/mol. The molecule has 2 aromatic heterocycles. The minimum absolute atomic E-state index is 0.133. The highest BCUT2D eigenvalue weighted by molar-refractivity contribution is 7.20. The molecule has 8 heteroatoms. The van der Waals surface area contributed by atoms with Gasteiger partial charge in [0.2, 0.25) is 0 Å². The molecule has 0 bridgehead atoms. The Bertz CT molecular complexity index is 598. The van der Waals surface area contributed by atoms with E-state index in [0.29, 0.717) is 9.90 Å². The van der Waals surface area contributed by atoms with E-state index >= 15 is 0 Å². The molecule has 0 radical (unpaired) electrons. The third-order valence-electron chi connectivity index (χ3n) is 2.51. The number of alkyl halides is 3. The molecule has 0 spiro atoms. The number of aromatic nitrogens is 1. The lowest BCUT2D eigenvalue weighted by Crippen LogP contribution is -2.18. The summed E-state index contributed by atoms with van der Waals surface area (Å²) >= 11 is 12.7. The van der Waals surface area contributed by atoms with E-state index in [-0.39, 0.29) is 9.90 Å². The average molecular weight is 327 g/mol. The SMILES string of the molecule is NC(c1cnccc1C(F)(F)F)c1cc(Cl)sc1Cl. The molecular formula is C11H7Cl2F3N2S. The van der Waals surface area contributed by atoms with Crippen LogP contribution in [-0.2, 0) is 6.18 Å². The summed E-state index contributed by atoms with van der Waals surface area (Å²) < 4.78 is 39.3. The standard InChI is InChI=1S/C11H7Cl2F3N2S/c12-8-3-5(10(13)19-8)9(17)6-4-18-2-1-7(6)11(14,15)16/h1-4,9H,17H2. The summed E-state index contributed by atoms with van der Waals surface area (Å²) in [4.78, 5) is 3.69. The summed E-state index contributed by atoms with van der Waals surface area (Å²) in [7, 11) is 0. The van der Waals surface area contributed by atoms with Gasteiger partial charge in [0.15, 0.2) is 0 Å². The maximum absolute atomic E-state index is 12.9. The van der Waals surface area contributed by atoms with Gasteiger partial charge in [-0.1, -0.05) is 23.2 Å². The minimum atomic E-state index is -4.50. The first-order valence-electron chi connectivity index (χ1n) is 5.02. The fourth-order valence-electron chi connectivity index (χ4n) is 1.65. The second-order valence-corrected chi connectivity index (χ2v) is 6.00. The predicted molar refractivity (Wildman–Crippen MR) is 69.6 cm³/mol. The van der Waals surface area contributed by atoms with Gasteiger partial charge in [0.25, 0.3) is 0 Å². The molecule has 0 aliphatic rings. The number of hydrogen-bond donors (Lipinski definition) is 1. The molecule has 0 saturated carbocycles. The van der Waals surface area contributed by atoms with Crippen LogP contribution in [-0.4, -0.2) is 4.98 Å². The molecule has 2 heterocycles. The molecule has 0 saturated heterocycles. The van der Waals surface area contributed by atoms with Gasteiger partial charge in [0, 0.05) is 23.5 Å². The van der Waals surface area contributed by atoms with E-state index in [0.717, 1.165) is 29.8 Å². The maximum atomic E-state index is 12.9. The Morgan fingerprint density at radius 2 is 1.95 bits per heavy atom. The highest BCUT2D eigenvalue weighted by Crippen LogP contribution is 2.40. The fourth-order valence-corrected chi connectivity index (χ4v) is 3.19. The van der Waals surface area contributed by atoms with E-state index in [9.17, 15) is 13.2 Å². The Labute approximate surface area is 121 Å². The van der Waals surface area contributed by atoms with Gasteiger partial charge in [0.05, 0.1) is 20.3 Å². The molecule has 19 heavy (non-hydrogen) atoms. The van der Waals surface area contributed by atoms with Crippen molar-refractivity contribution in [2.45, 2.75) is 12.2 Å². The summed E-state index contributed by atoms with van der Waals surface area (Å²) in [6.45, 7) is 0. The van der Waals surface area contributed by atoms with Crippen LogP contribution in [0.5, 0.6) is 0 Å². The summed E-state index contributed by atoms with van der Waals surface area (Å²) in [6, 6.07) is 1.32. The largest absolute Gasteiger partial charge is 0.416 e. The quantitative estimate of drug-likeness (QED) is 0.881. The zero-order chi connectivity index (χ0) is 14.2. The Balaban J connectivity index is 2.50. The van der Waals surface area contributed by atoms with Crippen LogP contribution in [0.1, 0.15) is 22.7 Å². The van der Waals surface area contributed by atoms with E-state index < -0.39 is 17.8 Å². The van der Waals surface area contributed by atoms with Crippen molar-refractivity contribution in [1.29, 1.82) is 0 Å². The summed E-state index contributed by atoms with van der Waals surface area (Å²) in [6.07, 6.45) is -2.33. The number of rotatable bonds is 2. The lowest BCUT2D eigenvalue weighted by molar-refractivity contribution is -0.138. The molecule has 2 nitrogen and oxygen atoms in total. The van der Waals surface area contributed by atoms with Crippen LogP contribution >= 0.6 is 34.5 Å². The number of hydrogen-bond acceptors (Lipinski definition) is 3. The molecule has 0 amide bonds. The van der Waals surface area contributed by atoms with Crippen LogP contribution in [0.2, 0.25) is 8.67 Å². The minimum Gasteiger partial charge on any atom is -0.320 e. The van der Waals surface area contributed by atoms with Gasteiger partial charge in [-0.3, -0.25) is 4.98 Å². The van der Waals surface area contributed by atoms with E-state index in [4.69, 9.17) is 28.9 Å². The number of halogens is 5. The van der Waals surface area contributed by atoms with Crippen molar-refractivity contribution in [3.63, 3.8) is 0 Å². The van der Waals surface area contributed by atoms with Crippen molar-refractivity contribution in [2.24, 2.45) is 5.73 Å². The lowest BCUT2D eigenvalue weighted by atomic mass is 9.99. The molecule has 0 aromatic carbocycles. The molecule has 2 N–H and O–H groups in total. The van der Waals surface area contributed by atoms with Gasteiger partial charge in [-0.05, 0) is 12.1 Å². The molecule has 0 aliphatic heterocycles. The van der Waals surface area contributed by atoms with E-state index in [1.165, 1.54) is 6.07 Å². The first-order valence-corrected chi connectivity index (χ1v) is 6.59. The fraction of sp³-hybridized carbons (Fsp3) is 0.182. The Morgan fingerprint density at radius 3 is 2.47 bits per heavy atom. The number of thiophene rings is 1. The first-order chi connectivity index (χ1) is 8.80. The average Bonchev–Trinajstić information content (AvgIpc) is 2.66. The van der Waals surface area contributed by atoms with Crippen LogP contribution in [0.15, 0.2) is 24.5 Å². The predicted octanol–water partition coefficient (Wildman–Crippen LogP) is 4.52. The Kier molecular flexibility index (Phi) is 4.06. The highest BCUT2D eigenvalue weighted by atomic mass is 35.5. The number of nitrogens with two attached hydrogens (primary N) is 1. The van der Waals surface area contributed by atoms with Gasteiger partial charge >= 0.3 is 6.18 Å². The molecule has 0 aliphatic carbocycles. The van der Waals surface area contributed by atoms with Gasteiger partial charge in [-0.15, -0.1) is 11.3 Å². The first kappa shape index (κ1) is 14.6. The topological polar surface area (TPSA) is 38.9 Å². The van der Waals surface area contributed by atoms with E-state index in [1.54, 1.807) is 0 Å². The van der Waals surface area contributed by atoms with Crippen LogP contribution in [0, 0.1) is 0 Å². The van der Waals surface area contributed by atoms with Crippen molar-refractivity contribution in [1.82, 2.24) is 4.98 Å². The molecule has 1 unspecified atom stereocenters. The number of nitrogens with zero attached hydrogens (tertiary/aromatic N) is 1. The zero-order valence-electron chi connectivity index (χ0n) is 9.21. The molecule has 102 valence electrons. The van der Waals surface area contributed by atoms with Crippen LogP contribution in [0.3, 0.4) is 0 Å². The van der Waals surface area contributed by atoms with Crippen LogP contribution in [0.4, 0.5) is 13.2 Å². The van der Waals surface area contributed by atoms with Crippen molar-refractivity contribution in [2.75, 3.05) is 0 Å². The molecule has 2 aromatic rings. The smallest absolute Gasteiger partial charge is 0.320 e. The Hall–Kier alpha value is -0.820. The van der Waals surface area contributed by atoms with Crippen LogP contribution in [0.25, 0.3) is 0 Å². The summed E-state index contributed by atoms with van der Waals surface area (Å²) in [5.74, 6) is 0. The van der Waals surface area contributed by atoms with Gasteiger partial charge in [-0.2, -0.15) is 13.2 Å². The third-order valence-corrected chi connectivity index (χ3v) is 4.03. The van der Waals surface area contributed by atoms with E-state index in [2.05, 4.69) is 4.98 Å². The van der Waals surface area contributed by atoms with Gasteiger partial charge in [-0.25, -0.2) is 0 Å². The van der Waals surface area contributed by atoms with Crippen molar-refractivity contribution in [3.8, 4) is 0 Å². The molecule has 2 rings (SSSR count). The second kappa shape index (κ2) is 5.28. The lowest BCUT2D eigenvalue weighted by Gasteiger charge is -2.17. The van der Waals surface area contributed by atoms with E-state index in [1.807, 2.05) is 0 Å². The zero-order valence-corrected chi connectivity index (χ0v) is 11.5. The molecule has 1 atom stereocenters. The number of pyridine rings is 1. The monoisotopic (exact) mass is 326 g/mol. The van der Waals surface area contributed by atoms with Crippen LogP contribution < -0.4 is 5.73 Å². The van der Waals surface area contributed by atoms with Gasteiger partial charge < -0.3 is 5.73 Å². The summed E-state index contributed by atoms with van der Waals surface area (Å²) in [5, 5.41) is 0. The second-order valence-electron chi connectivity index (χ2n) is 3.72. The third kappa shape index (κ3) is 3.02. The van der Waals surface area contributed by atoms with Gasteiger partial charge in [0.1, 0.15) is 0 Å². The summed E-state index contributed by atoms with van der Waals surface area (Å²) in [5.41, 5.74) is 5.25. The van der Waals surface area contributed by atoms with Crippen molar-refractivity contribution >= 4 is 34.5 Å². The van der Waals surface area contributed by atoms with Crippen molar-refractivity contribution in [3.05, 3.63) is 49.9 Å². The maximum Gasteiger partial charge on any atom is 0.416 e. The molecule has 0 fully saturated rings. The normalized spacial score (nSPS) is 13.6.